The van der Waals surface area contributed by atoms with Crippen LogP contribution in [0.5, 0.6) is 0 Å². The van der Waals surface area contributed by atoms with Crippen molar-refractivity contribution >= 4 is 28.3 Å². The molecule has 3 rings (SSSR count). The van der Waals surface area contributed by atoms with E-state index in [1.807, 2.05) is 35.7 Å². The summed E-state index contributed by atoms with van der Waals surface area (Å²) in [5, 5.41) is 4.93. The van der Waals surface area contributed by atoms with Gasteiger partial charge in [-0.15, -0.1) is 11.3 Å². The van der Waals surface area contributed by atoms with E-state index >= 15 is 0 Å². The molecule has 0 bridgehead atoms. The van der Waals surface area contributed by atoms with Crippen LogP contribution in [0, 0.1) is 0 Å². The van der Waals surface area contributed by atoms with Crippen LogP contribution < -0.4 is 5.32 Å². The first-order valence-electron chi connectivity index (χ1n) is 7.10. The third kappa shape index (κ3) is 4.02. The molecule has 6 nitrogen and oxygen atoms in total. The lowest BCUT2D eigenvalue weighted by Gasteiger charge is -2.04. The standard InChI is InChI=1S/C17H13N3O3S/c21-15(10-23-16(22)13-6-8-18-9-7-13)20-17-19-14(11-24-17)12-4-2-1-3-5-12/h1-9,11H,10H2,(H,19,20,21). The molecule has 7 heteroatoms. The topological polar surface area (TPSA) is 81.2 Å². The first kappa shape index (κ1) is 15.8. The fraction of sp³-hybridized carbons (Fsp3) is 0.0588. The highest BCUT2D eigenvalue weighted by molar-refractivity contribution is 7.14. The van der Waals surface area contributed by atoms with Crippen LogP contribution in [0.1, 0.15) is 10.4 Å². The lowest BCUT2D eigenvalue weighted by atomic mass is 10.2. The monoisotopic (exact) mass is 339 g/mol. The molecule has 3 aromatic rings. The largest absolute Gasteiger partial charge is 0.452 e. The molecule has 0 spiro atoms. The number of hydrogen-bond donors (Lipinski definition) is 1. The number of esters is 1. The van der Waals surface area contributed by atoms with Gasteiger partial charge in [0.25, 0.3) is 5.91 Å². The third-order valence-corrected chi connectivity index (χ3v) is 3.83. The molecule has 1 aromatic carbocycles. The highest BCUT2D eigenvalue weighted by Gasteiger charge is 2.12. The molecular formula is C17H13N3O3S. The molecule has 1 amide bonds. The highest BCUT2D eigenvalue weighted by atomic mass is 32.1. The van der Waals surface area contributed by atoms with Crippen LogP contribution in [0.4, 0.5) is 5.13 Å². The number of carbonyl (C=O) groups excluding carboxylic acids is 2. The molecule has 0 unspecified atom stereocenters. The molecule has 24 heavy (non-hydrogen) atoms. The molecule has 1 N–H and O–H groups in total. The van der Waals surface area contributed by atoms with Crippen LogP contribution in [0.25, 0.3) is 11.3 Å². The first-order valence-corrected chi connectivity index (χ1v) is 7.98. The predicted octanol–water partition coefficient (Wildman–Crippen LogP) is 3.00. The number of nitrogens with one attached hydrogen (secondary N) is 1. The number of nitrogens with zero attached hydrogens (tertiary/aromatic N) is 2. The second kappa shape index (κ2) is 7.47. The minimum absolute atomic E-state index is 0.346. The molecule has 120 valence electrons. The first-order chi connectivity index (χ1) is 11.7. The molecule has 0 fully saturated rings. The molecule has 2 heterocycles. The normalized spacial score (nSPS) is 10.2. The van der Waals surface area contributed by atoms with Crippen molar-refractivity contribution < 1.29 is 14.3 Å². The van der Waals surface area contributed by atoms with Crippen molar-refractivity contribution in [2.75, 3.05) is 11.9 Å². The van der Waals surface area contributed by atoms with E-state index in [-0.39, 0.29) is 6.61 Å². The van der Waals surface area contributed by atoms with Gasteiger partial charge in [-0.05, 0) is 12.1 Å². The molecule has 0 aliphatic rings. The maximum absolute atomic E-state index is 11.9. The Labute approximate surface area is 142 Å². The number of ether oxygens (including phenoxy) is 1. The van der Waals surface area contributed by atoms with Gasteiger partial charge < -0.3 is 4.74 Å². The molecule has 0 aliphatic carbocycles. The Hall–Kier alpha value is -3.06. The fourth-order valence-corrected chi connectivity index (χ4v) is 2.67. The summed E-state index contributed by atoms with van der Waals surface area (Å²) in [5.41, 5.74) is 2.10. The Bertz CT molecular complexity index is 835. The zero-order chi connectivity index (χ0) is 16.8. The minimum atomic E-state index is -0.573. The Balaban J connectivity index is 1.54. The fourth-order valence-electron chi connectivity index (χ4n) is 1.93. The summed E-state index contributed by atoms with van der Waals surface area (Å²) in [6.45, 7) is -0.374. The summed E-state index contributed by atoms with van der Waals surface area (Å²) >= 11 is 1.31. The molecule has 0 atom stereocenters. The van der Waals surface area contributed by atoms with Crippen molar-refractivity contribution in [2.24, 2.45) is 0 Å². The Morgan fingerprint density at radius 1 is 1.08 bits per heavy atom. The highest BCUT2D eigenvalue weighted by Crippen LogP contribution is 2.24. The second-order valence-corrected chi connectivity index (χ2v) is 5.62. The number of thiazole rings is 1. The molecule has 0 radical (unpaired) electrons. The SMILES string of the molecule is O=C(COC(=O)c1ccncc1)Nc1nc(-c2ccccc2)cs1. The zero-order valence-corrected chi connectivity index (χ0v) is 13.3. The van der Waals surface area contributed by atoms with Gasteiger partial charge in [0.05, 0.1) is 11.3 Å². The Kier molecular flexibility index (Phi) is 4.93. The van der Waals surface area contributed by atoms with Crippen molar-refractivity contribution in [3.8, 4) is 11.3 Å². The number of hydrogen-bond acceptors (Lipinski definition) is 6. The summed E-state index contributed by atoms with van der Waals surface area (Å²) in [4.78, 5) is 31.8. The van der Waals surface area contributed by atoms with E-state index in [1.54, 1.807) is 0 Å². The number of benzene rings is 1. The van der Waals surface area contributed by atoms with Crippen LogP contribution >= 0.6 is 11.3 Å². The van der Waals surface area contributed by atoms with E-state index in [9.17, 15) is 9.59 Å². The predicted molar refractivity (Wildman–Crippen MR) is 90.7 cm³/mol. The summed E-state index contributed by atoms with van der Waals surface area (Å²) in [6.07, 6.45) is 2.97. The van der Waals surface area contributed by atoms with Crippen LogP contribution in [0.3, 0.4) is 0 Å². The van der Waals surface area contributed by atoms with Gasteiger partial charge in [0.1, 0.15) is 0 Å². The second-order valence-electron chi connectivity index (χ2n) is 4.76. The van der Waals surface area contributed by atoms with E-state index in [2.05, 4.69) is 15.3 Å². The average Bonchev–Trinajstić information content (AvgIpc) is 3.09. The van der Waals surface area contributed by atoms with Crippen molar-refractivity contribution in [3.63, 3.8) is 0 Å². The van der Waals surface area contributed by atoms with Gasteiger partial charge in [-0.3, -0.25) is 15.1 Å². The zero-order valence-electron chi connectivity index (χ0n) is 12.5. The van der Waals surface area contributed by atoms with Crippen molar-refractivity contribution in [1.29, 1.82) is 0 Å². The van der Waals surface area contributed by atoms with Gasteiger partial charge in [0.15, 0.2) is 11.7 Å². The van der Waals surface area contributed by atoms with Gasteiger partial charge in [0, 0.05) is 23.3 Å². The van der Waals surface area contributed by atoms with Gasteiger partial charge in [-0.2, -0.15) is 0 Å². The van der Waals surface area contributed by atoms with Crippen LogP contribution in [0.15, 0.2) is 60.2 Å². The average molecular weight is 339 g/mol. The van der Waals surface area contributed by atoms with Gasteiger partial charge in [-0.1, -0.05) is 30.3 Å². The summed E-state index contributed by atoms with van der Waals surface area (Å²) in [6, 6.07) is 12.7. The number of rotatable bonds is 5. The Morgan fingerprint density at radius 2 is 1.83 bits per heavy atom. The van der Waals surface area contributed by atoms with E-state index in [0.29, 0.717) is 10.7 Å². The smallest absolute Gasteiger partial charge is 0.338 e. The lowest BCUT2D eigenvalue weighted by molar-refractivity contribution is -0.119. The minimum Gasteiger partial charge on any atom is -0.452 e. The number of aromatic nitrogens is 2. The van der Waals surface area contributed by atoms with Crippen LogP contribution in [-0.4, -0.2) is 28.5 Å². The number of anilines is 1. The summed E-state index contributed by atoms with van der Waals surface area (Å²) < 4.78 is 4.95. The Morgan fingerprint density at radius 3 is 2.58 bits per heavy atom. The number of pyridine rings is 1. The maximum Gasteiger partial charge on any atom is 0.338 e. The quantitative estimate of drug-likeness (QED) is 0.723. The van der Waals surface area contributed by atoms with Crippen molar-refractivity contribution in [1.82, 2.24) is 9.97 Å². The summed E-state index contributed by atoms with van der Waals surface area (Å²) in [5.74, 6) is -1.01. The van der Waals surface area contributed by atoms with E-state index in [4.69, 9.17) is 4.74 Å². The molecular weight excluding hydrogens is 326 g/mol. The van der Waals surface area contributed by atoms with Crippen molar-refractivity contribution in [2.45, 2.75) is 0 Å². The third-order valence-electron chi connectivity index (χ3n) is 3.07. The molecule has 0 saturated heterocycles. The van der Waals surface area contributed by atoms with Crippen LogP contribution in [-0.2, 0) is 9.53 Å². The van der Waals surface area contributed by atoms with Gasteiger partial charge in [-0.25, -0.2) is 9.78 Å². The molecule has 0 saturated carbocycles. The molecule has 2 aromatic heterocycles. The molecule has 0 aliphatic heterocycles. The van der Waals surface area contributed by atoms with Gasteiger partial charge in [0.2, 0.25) is 0 Å². The summed E-state index contributed by atoms with van der Waals surface area (Å²) in [7, 11) is 0. The number of amides is 1. The van der Waals surface area contributed by atoms with Crippen LogP contribution in [0.2, 0.25) is 0 Å². The number of carbonyl (C=O) groups is 2. The van der Waals surface area contributed by atoms with Gasteiger partial charge >= 0.3 is 5.97 Å². The lowest BCUT2D eigenvalue weighted by Crippen LogP contribution is -2.20. The van der Waals surface area contributed by atoms with E-state index < -0.39 is 11.9 Å². The van der Waals surface area contributed by atoms with Crippen molar-refractivity contribution in [3.05, 3.63) is 65.8 Å². The maximum atomic E-state index is 11.9. The van der Waals surface area contributed by atoms with E-state index in [1.165, 1.54) is 35.9 Å². The van der Waals surface area contributed by atoms with E-state index in [0.717, 1.165) is 11.3 Å².